The van der Waals surface area contributed by atoms with Gasteiger partial charge < -0.3 is 25.1 Å². The van der Waals surface area contributed by atoms with Gasteiger partial charge in [0.2, 0.25) is 5.91 Å². The topological polar surface area (TPSA) is 109 Å². The summed E-state index contributed by atoms with van der Waals surface area (Å²) in [5.41, 5.74) is 0. The van der Waals surface area contributed by atoms with Gasteiger partial charge in [-0.3, -0.25) is 4.79 Å². The van der Waals surface area contributed by atoms with Crippen LogP contribution in [0.2, 0.25) is 0 Å². The first-order chi connectivity index (χ1) is 6.47. The molecule has 1 N–H and O–H groups in total. The van der Waals surface area contributed by atoms with Crippen molar-refractivity contribution in [2.45, 2.75) is 32.2 Å². The van der Waals surface area contributed by atoms with Crippen LogP contribution in [-0.4, -0.2) is 23.9 Å². The summed E-state index contributed by atoms with van der Waals surface area (Å²) in [5.74, 6) is -3.68. The standard InChI is InChI=1S/C8H13NO5.Zn/c1-2-3-6(10)9-5(8(13)14)4-7(11)12;/h5H,2-4H2,1H3,(H,9,10)(H,11,12)(H,13,14);/q;+2/p-2. The summed E-state index contributed by atoms with van der Waals surface area (Å²) in [6.45, 7) is 1.74. The van der Waals surface area contributed by atoms with Crippen molar-refractivity contribution < 1.29 is 44.1 Å². The Hall–Kier alpha value is -0.967. The number of hydrogen-bond donors (Lipinski definition) is 1. The number of amides is 1. The van der Waals surface area contributed by atoms with Gasteiger partial charge in [-0.1, -0.05) is 6.92 Å². The number of nitrogens with one attached hydrogen (secondary N) is 1. The van der Waals surface area contributed by atoms with Gasteiger partial charge in [0.05, 0.1) is 12.0 Å². The molecule has 0 saturated heterocycles. The summed E-state index contributed by atoms with van der Waals surface area (Å²) >= 11 is 0. The zero-order valence-corrected chi connectivity index (χ0v) is 11.4. The van der Waals surface area contributed by atoms with E-state index >= 15 is 0 Å². The number of carbonyl (C=O) groups is 3. The van der Waals surface area contributed by atoms with Gasteiger partial charge in [0.25, 0.3) is 0 Å². The van der Waals surface area contributed by atoms with Crippen LogP contribution in [0, 0.1) is 0 Å². The summed E-state index contributed by atoms with van der Waals surface area (Å²) in [6.07, 6.45) is -0.0778. The van der Waals surface area contributed by atoms with Crippen LogP contribution in [0.15, 0.2) is 0 Å². The second-order valence-electron chi connectivity index (χ2n) is 2.77. The van der Waals surface area contributed by atoms with Crippen LogP contribution in [0.4, 0.5) is 0 Å². The van der Waals surface area contributed by atoms with Crippen molar-refractivity contribution in [3.8, 4) is 0 Å². The van der Waals surface area contributed by atoms with Crippen LogP contribution < -0.4 is 15.5 Å². The maximum Gasteiger partial charge on any atom is 2.00 e. The Morgan fingerprint density at radius 2 is 1.80 bits per heavy atom. The van der Waals surface area contributed by atoms with Gasteiger partial charge in [0.15, 0.2) is 0 Å². The molecular weight excluding hydrogens is 255 g/mol. The third-order valence-electron chi connectivity index (χ3n) is 1.47. The summed E-state index contributed by atoms with van der Waals surface area (Å²) < 4.78 is 0. The maximum absolute atomic E-state index is 10.9. The van der Waals surface area contributed by atoms with Crippen molar-refractivity contribution in [3.63, 3.8) is 0 Å². The molecule has 7 heteroatoms. The summed E-state index contributed by atoms with van der Waals surface area (Å²) in [5, 5.41) is 22.5. The van der Waals surface area contributed by atoms with Crippen molar-refractivity contribution in [1.82, 2.24) is 5.32 Å². The third-order valence-corrected chi connectivity index (χ3v) is 1.47. The van der Waals surface area contributed by atoms with Crippen molar-refractivity contribution in [1.29, 1.82) is 0 Å². The summed E-state index contributed by atoms with van der Waals surface area (Å²) in [7, 11) is 0. The SMILES string of the molecule is CCCC(=O)NC(CC(=O)[O-])C(=O)[O-].[Zn+2]. The minimum Gasteiger partial charge on any atom is -0.550 e. The van der Waals surface area contributed by atoms with E-state index in [0.717, 1.165) is 0 Å². The van der Waals surface area contributed by atoms with E-state index in [2.05, 4.69) is 0 Å². The van der Waals surface area contributed by atoms with E-state index in [1.807, 2.05) is 5.32 Å². The van der Waals surface area contributed by atoms with Crippen molar-refractivity contribution >= 4 is 17.8 Å². The Morgan fingerprint density at radius 1 is 1.27 bits per heavy atom. The Morgan fingerprint density at radius 3 is 2.13 bits per heavy atom. The van der Waals surface area contributed by atoms with E-state index in [-0.39, 0.29) is 25.9 Å². The fourth-order valence-corrected chi connectivity index (χ4v) is 0.854. The predicted octanol–water partition coefficient (Wildman–Crippen LogP) is -2.84. The molecule has 0 aromatic rings. The molecule has 0 fully saturated rings. The van der Waals surface area contributed by atoms with Gasteiger partial charge in [-0.15, -0.1) is 0 Å². The Labute approximate surface area is 99.8 Å². The molecule has 6 nitrogen and oxygen atoms in total. The summed E-state index contributed by atoms with van der Waals surface area (Å²) in [4.78, 5) is 31.4. The largest absolute Gasteiger partial charge is 2.00 e. The zero-order valence-electron chi connectivity index (χ0n) is 8.45. The quantitative estimate of drug-likeness (QED) is 0.521. The van der Waals surface area contributed by atoms with E-state index in [4.69, 9.17) is 0 Å². The van der Waals surface area contributed by atoms with E-state index in [1.54, 1.807) is 6.92 Å². The van der Waals surface area contributed by atoms with Crippen molar-refractivity contribution in [3.05, 3.63) is 0 Å². The molecule has 0 aliphatic rings. The molecule has 80 valence electrons. The maximum atomic E-state index is 10.9. The van der Waals surface area contributed by atoms with Gasteiger partial charge >= 0.3 is 19.5 Å². The molecular formula is C8H11NO5Zn. The molecule has 0 aromatic carbocycles. The molecule has 1 unspecified atom stereocenters. The number of carbonyl (C=O) groups excluding carboxylic acids is 3. The van der Waals surface area contributed by atoms with E-state index in [9.17, 15) is 24.6 Å². The molecule has 0 saturated carbocycles. The van der Waals surface area contributed by atoms with Crippen molar-refractivity contribution in [2.24, 2.45) is 0 Å². The molecule has 15 heavy (non-hydrogen) atoms. The molecule has 1 atom stereocenters. The number of aliphatic carboxylic acids is 2. The number of hydrogen-bond acceptors (Lipinski definition) is 5. The van der Waals surface area contributed by atoms with Crippen LogP contribution in [0.3, 0.4) is 0 Å². The van der Waals surface area contributed by atoms with Gasteiger partial charge in [0.1, 0.15) is 0 Å². The normalized spacial score (nSPS) is 11.0. The molecule has 0 rings (SSSR count). The first-order valence-electron chi connectivity index (χ1n) is 4.17. The van der Waals surface area contributed by atoms with E-state index < -0.39 is 30.3 Å². The Balaban J connectivity index is 0. The summed E-state index contributed by atoms with van der Waals surface area (Å²) in [6, 6.07) is -1.51. The van der Waals surface area contributed by atoms with Crippen LogP contribution in [0.5, 0.6) is 0 Å². The number of carboxylic acid groups (broad SMARTS) is 2. The van der Waals surface area contributed by atoms with Crippen LogP contribution >= 0.6 is 0 Å². The fourth-order valence-electron chi connectivity index (χ4n) is 0.854. The predicted molar refractivity (Wildman–Crippen MR) is 41.5 cm³/mol. The minimum absolute atomic E-state index is 0. The average molecular weight is 267 g/mol. The van der Waals surface area contributed by atoms with Crippen molar-refractivity contribution in [2.75, 3.05) is 0 Å². The monoisotopic (exact) mass is 265 g/mol. The molecule has 0 aliphatic heterocycles. The first-order valence-corrected chi connectivity index (χ1v) is 4.17. The fraction of sp³-hybridized carbons (Fsp3) is 0.625. The molecule has 0 radical (unpaired) electrons. The smallest absolute Gasteiger partial charge is 0.550 e. The van der Waals surface area contributed by atoms with Crippen LogP contribution in [0.25, 0.3) is 0 Å². The Bertz CT molecular complexity index is 243. The van der Waals surface area contributed by atoms with E-state index in [0.29, 0.717) is 6.42 Å². The Kier molecular flexibility index (Phi) is 9.16. The first kappa shape index (κ1) is 16.5. The van der Waals surface area contributed by atoms with E-state index in [1.165, 1.54) is 0 Å². The van der Waals surface area contributed by atoms with Crippen LogP contribution in [-0.2, 0) is 33.9 Å². The molecule has 1 amide bonds. The van der Waals surface area contributed by atoms with Gasteiger partial charge in [-0.2, -0.15) is 0 Å². The zero-order chi connectivity index (χ0) is 11.1. The average Bonchev–Trinajstić information content (AvgIpc) is 2.02. The van der Waals surface area contributed by atoms with Gasteiger partial charge in [-0.25, -0.2) is 0 Å². The number of carboxylic acids is 2. The van der Waals surface area contributed by atoms with Gasteiger partial charge in [-0.05, 0) is 6.42 Å². The molecule has 0 bridgehead atoms. The molecule has 0 heterocycles. The second-order valence-corrected chi connectivity index (χ2v) is 2.77. The minimum atomic E-state index is -1.63. The molecule has 0 aliphatic carbocycles. The van der Waals surface area contributed by atoms with Crippen LogP contribution in [0.1, 0.15) is 26.2 Å². The molecule has 0 aromatic heterocycles. The second kappa shape index (κ2) is 8.35. The number of rotatable bonds is 6. The molecule has 0 spiro atoms. The van der Waals surface area contributed by atoms with Gasteiger partial charge in [0, 0.05) is 18.8 Å². The third kappa shape index (κ3) is 8.06.